The molecule has 0 saturated heterocycles. The largest absolute Gasteiger partial charge is 0.462 e. The molecule has 62 heavy (non-hydrogen) atoms. The molecule has 0 spiro atoms. The van der Waals surface area contributed by atoms with Gasteiger partial charge in [0.1, 0.15) is 13.2 Å². The van der Waals surface area contributed by atoms with Crippen molar-refractivity contribution in [3.8, 4) is 0 Å². The molecule has 0 aromatic carbocycles. The molecule has 0 bridgehead atoms. The van der Waals surface area contributed by atoms with E-state index in [1.165, 1.54) is 167 Å². The maximum atomic E-state index is 12.8. The quantitative estimate of drug-likeness (QED) is 0.0199. The smallest absolute Gasteiger partial charge is 0.306 e. The molecule has 0 saturated carbocycles. The third kappa shape index (κ3) is 48.7. The molecule has 0 aliphatic carbocycles. The molecule has 0 aromatic heterocycles. The minimum atomic E-state index is -0.777. The number of esters is 3. The first-order valence-corrected chi connectivity index (χ1v) is 27.0. The molecule has 0 heterocycles. The summed E-state index contributed by atoms with van der Waals surface area (Å²) in [5.41, 5.74) is 0. The maximum Gasteiger partial charge on any atom is 0.306 e. The summed E-state index contributed by atoms with van der Waals surface area (Å²) in [7, 11) is 0. The van der Waals surface area contributed by atoms with Gasteiger partial charge in [0.15, 0.2) is 6.10 Å². The molecule has 0 radical (unpaired) electrons. The van der Waals surface area contributed by atoms with Crippen LogP contribution in [-0.2, 0) is 28.6 Å². The summed E-state index contributed by atoms with van der Waals surface area (Å²) in [5, 5.41) is 0. The van der Waals surface area contributed by atoms with Gasteiger partial charge < -0.3 is 14.2 Å². The van der Waals surface area contributed by atoms with E-state index in [1.807, 2.05) is 0 Å². The Bertz CT molecular complexity index is 1050. The molecule has 0 aliphatic rings. The van der Waals surface area contributed by atoms with E-state index in [4.69, 9.17) is 14.2 Å². The van der Waals surface area contributed by atoms with Gasteiger partial charge in [0.05, 0.1) is 0 Å². The molecule has 0 amide bonds. The summed E-state index contributed by atoms with van der Waals surface area (Å²) in [6.07, 6.45) is 59.8. The zero-order chi connectivity index (χ0) is 45.1. The van der Waals surface area contributed by atoms with Crippen LogP contribution >= 0.6 is 0 Å². The lowest BCUT2D eigenvalue weighted by atomic mass is 10.1. The van der Waals surface area contributed by atoms with E-state index in [0.29, 0.717) is 19.3 Å². The highest BCUT2D eigenvalue weighted by atomic mass is 16.6. The maximum absolute atomic E-state index is 12.8. The van der Waals surface area contributed by atoms with Crippen molar-refractivity contribution in [1.82, 2.24) is 0 Å². The van der Waals surface area contributed by atoms with Crippen molar-refractivity contribution < 1.29 is 28.6 Å². The van der Waals surface area contributed by atoms with Gasteiger partial charge in [0, 0.05) is 19.3 Å². The number of ether oxygens (including phenoxy) is 3. The highest BCUT2D eigenvalue weighted by Crippen LogP contribution is 2.15. The summed E-state index contributed by atoms with van der Waals surface area (Å²) in [6, 6.07) is 0. The molecule has 362 valence electrons. The van der Waals surface area contributed by atoms with E-state index in [9.17, 15) is 14.4 Å². The van der Waals surface area contributed by atoms with Crippen molar-refractivity contribution in [2.75, 3.05) is 13.2 Å². The Balaban J connectivity index is 4.36. The van der Waals surface area contributed by atoms with Crippen molar-refractivity contribution in [3.63, 3.8) is 0 Å². The van der Waals surface area contributed by atoms with Crippen molar-refractivity contribution in [1.29, 1.82) is 0 Å². The standard InChI is InChI=1S/C56H102O6/c1-4-7-10-13-16-19-22-24-26-27-28-30-31-34-37-40-43-46-49-55(58)61-52-53(51-60-54(57)48-45-42-39-36-33-21-18-15-12-9-6-3)62-56(59)50-47-44-41-38-35-32-29-25-23-20-17-14-11-8-5-2/h20,23,26-28,30,53H,4-19,21-22,24-25,29,31-52H2,1-3H3/b23-20-,27-26-,30-28-. The Kier molecular flexibility index (Phi) is 49.3. The normalized spacial score (nSPS) is 12.2. The van der Waals surface area contributed by atoms with E-state index < -0.39 is 6.10 Å². The number of rotatable bonds is 49. The Morgan fingerprint density at radius 1 is 0.323 bits per heavy atom. The van der Waals surface area contributed by atoms with Gasteiger partial charge in [-0.1, -0.05) is 231 Å². The monoisotopic (exact) mass is 871 g/mol. The second kappa shape index (κ2) is 51.3. The molecule has 6 nitrogen and oxygen atoms in total. The summed E-state index contributed by atoms with van der Waals surface area (Å²) >= 11 is 0. The van der Waals surface area contributed by atoms with E-state index in [-0.39, 0.29) is 31.1 Å². The Morgan fingerprint density at radius 3 is 0.919 bits per heavy atom. The van der Waals surface area contributed by atoms with Crippen LogP contribution in [-0.4, -0.2) is 37.2 Å². The zero-order valence-corrected chi connectivity index (χ0v) is 41.4. The number of carbonyl (C=O) groups excluding carboxylic acids is 3. The van der Waals surface area contributed by atoms with Gasteiger partial charge in [-0.15, -0.1) is 0 Å². The molecule has 0 aliphatic heterocycles. The zero-order valence-electron chi connectivity index (χ0n) is 41.4. The van der Waals surface area contributed by atoms with Gasteiger partial charge in [0.25, 0.3) is 0 Å². The molecule has 1 unspecified atom stereocenters. The molecule has 0 aromatic rings. The number of allylic oxidation sites excluding steroid dienone is 6. The fourth-order valence-electron chi connectivity index (χ4n) is 7.78. The van der Waals surface area contributed by atoms with Crippen LogP contribution in [0.1, 0.15) is 284 Å². The van der Waals surface area contributed by atoms with Crippen LogP contribution in [0.5, 0.6) is 0 Å². The van der Waals surface area contributed by atoms with E-state index in [1.54, 1.807) is 0 Å². The van der Waals surface area contributed by atoms with E-state index in [2.05, 4.69) is 57.2 Å². The van der Waals surface area contributed by atoms with E-state index >= 15 is 0 Å². The second-order valence-corrected chi connectivity index (χ2v) is 18.2. The van der Waals surface area contributed by atoms with Gasteiger partial charge in [-0.25, -0.2) is 0 Å². The fraction of sp³-hybridized carbons (Fsp3) is 0.839. The molecule has 0 N–H and O–H groups in total. The second-order valence-electron chi connectivity index (χ2n) is 18.2. The summed E-state index contributed by atoms with van der Waals surface area (Å²) < 4.78 is 16.8. The van der Waals surface area contributed by atoms with Crippen LogP contribution in [0.3, 0.4) is 0 Å². The predicted molar refractivity (Wildman–Crippen MR) is 266 cm³/mol. The van der Waals surface area contributed by atoms with Crippen LogP contribution in [0.25, 0.3) is 0 Å². The van der Waals surface area contributed by atoms with Crippen LogP contribution in [0.2, 0.25) is 0 Å². The van der Waals surface area contributed by atoms with Crippen LogP contribution in [0, 0.1) is 0 Å². The third-order valence-corrected chi connectivity index (χ3v) is 11.9. The Labute approximate surface area is 385 Å². The van der Waals surface area contributed by atoms with Crippen molar-refractivity contribution >= 4 is 17.9 Å². The minimum absolute atomic E-state index is 0.0760. The van der Waals surface area contributed by atoms with Crippen molar-refractivity contribution in [3.05, 3.63) is 36.5 Å². The van der Waals surface area contributed by atoms with Crippen LogP contribution < -0.4 is 0 Å². The molecule has 0 fully saturated rings. The van der Waals surface area contributed by atoms with Crippen molar-refractivity contribution in [2.45, 2.75) is 290 Å². The van der Waals surface area contributed by atoms with Gasteiger partial charge in [-0.2, -0.15) is 0 Å². The Morgan fingerprint density at radius 2 is 0.581 bits per heavy atom. The molecular weight excluding hydrogens is 769 g/mol. The van der Waals surface area contributed by atoms with Gasteiger partial charge >= 0.3 is 17.9 Å². The summed E-state index contributed by atoms with van der Waals surface area (Å²) in [6.45, 7) is 6.62. The first kappa shape index (κ1) is 59.6. The number of hydrogen-bond donors (Lipinski definition) is 0. The van der Waals surface area contributed by atoms with Gasteiger partial charge in [0.2, 0.25) is 0 Å². The molecule has 6 heteroatoms. The highest BCUT2D eigenvalue weighted by Gasteiger charge is 2.19. The Hall–Kier alpha value is -2.37. The third-order valence-electron chi connectivity index (χ3n) is 11.9. The van der Waals surface area contributed by atoms with Gasteiger partial charge in [-0.05, 0) is 70.6 Å². The lowest BCUT2D eigenvalue weighted by molar-refractivity contribution is -0.167. The first-order valence-electron chi connectivity index (χ1n) is 27.0. The number of unbranched alkanes of at least 4 members (excludes halogenated alkanes) is 33. The lowest BCUT2D eigenvalue weighted by Gasteiger charge is -2.18. The molecular formula is C56H102O6. The summed E-state index contributed by atoms with van der Waals surface area (Å²) in [4.78, 5) is 38.0. The topological polar surface area (TPSA) is 78.9 Å². The first-order chi connectivity index (χ1) is 30.5. The van der Waals surface area contributed by atoms with Crippen LogP contribution in [0.4, 0.5) is 0 Å². The molecule has 1 atom stereocenters. The fourth-order valence-corrected chi connectivity index (χ4v) is 7.78. The minimum Gasteiger partial charge on any atom is -0.462 e. The average Bonchev–Trinajstić information content (AvgIpc) is 3.27. The number of carbonyl (C=O) groups is 3. The average molecular weight is 871 g/mol. The van der Waals surface area contributed by atoms with Crippen molar-refractivity contribution in [2.24, 2.45) is 0 Å². The predicted octanol–water partition coefficient (Wildman–Crippen LogP) is 17.7. The molecule has 0 rings (SSSR count). The number of hydrogen-bond acceptors (Lipinski definition) is 6. The SMILES string of the molecule is CCCCCC/C=C\CCCCCCCCCC(=O)OC(COC(=O)CCCCCCC/C=C\C=C/CCCCCCCCC)COC(=O)CCCCCCCCCCCCC. The lowest BCUT2D eigenvalue weighted by Crippen LogP contribution is -2.30. The highest BCUT2D eigenvalue weighted by molar-refractivity contribution is 5.71. The van der Waals surface area contributed by atoms with Gasteiger partial charge in [-0.3, -0.25) is 14.4 Å². The van der Waals surface area contributed by atoms with E-state index in [0.717, 1.165) is 77.0 Å². The van der Waals surface area contributed by atoms with Crippen LogP contribution in [0.15, 0.2) is 36.5 Å². The summed E-state index contributed by atoms with van der Waals surface area (Å²) in [5.74, 6) is -0.885.